The molecule has 0 aliphatic heterocycles. The Balaban J connectivity index is 2.79. The molecule has 0 fully saturated rings. The van der Waals surface area contributed by atoms with Crippen LogP contribution in [-0.2, 0) is 16.9 Å². The van der Waals surface area contributed by atoms with E-state index in [4.69, 9.17) is 0 Å². The van der Waals surface area contributed by atoms with Gasteiger partial charge in [-0.1, -0.05) is 6.07 Å². The molecule has 2 N–H and O–H groups in total. The molecule has 1 rings (SSSR count). The van der Waals surface area contributed by atoms with Crippen molar-refractivity contribution in [2.24, 2.45) is 0 Å². The predicted molar refractivity (Wildman–Crippen MR) is 57.0 cm³/mol. The Morgan fingerprint density at radius 2 is 2.20 bits per heavy atom. The SMILES string of the molecule is CC(=O)NCc1cccc(C(C)(C)O)n1. The van der Waals surface area contributed by atoms with E-state index in [9.17, 15) is 9.90 Å². The molecule has 0 bridgehead atoms. The zero-order chi connectivity index (χ0) is 11.5. The van der Waals surface area contributed by atoms with Crippen molar-refractivity contribution in [3.8, 4) is 0 Å². The molecule has 0 aliphatic rings. The number of carbonyl (C=O) groups excluding carboxylic acids is 1. The van der Waals surface area contributed by atoms with Crippen LogP contribution in [0.2, 0.25) is 0 Å². The van der Waals surface area contributed by atoms with Gasteiger partial charge in [0, 0.05) is 6.92 Å². The summed E-state index contributed by atoms with van der Waals surface area (Å²) in [6.07, 6.45) is 0. The second kappa shape index (κ2) is 4.40. The van der Waals surface area contributed by atoms with E-state index >= 15 is 0 Å². The Morgan fingerprint density at radius 3 is 2.73 bits per heavy atom. The summed E-state index contributed by atoms with van der Waals surface area (Å²) in [5.41, 5.74) is 0.391. The minimum Gasteiger partial charge on any atom is -0.384 e. The average molecular weight is 208 g/mol. The summed E-state index contributed by atoms with van der Waals surface area (Å²) < 4.78 is 0. The highest BCUT2D eigenvalue weighted by Gasteiger charge is 2.17. The summed E-state index contributed by atoms with van der Waals surface area (Å²) in [6, 6.07) is 5.39. The average Bonchev–Trinajstić information content (AvgIpc) is 2.14. The first-order valence-electron chi connectivity index (χ1n) is 4.83. The molecule has 0 aliphatic carbocycles. The maximum absolute atomic E-state index is 10.7. The smallest absolute Gasteiger partial charge is 0.217 e. The summed E-state index contributed by atoms with van der Waals surface area (Å²) >= 11 is 0. The predicted octanol–water partition coefficient (Wildman–Crippen LogP) is 0.945. The van der Waals surface area contributed by atoms with E-state index in [-0.39, 0.29) is 5.91 Å². The van der Waals surface area contributed by atoms with Crippen LogP contribution >= 0.6 is 0 Å². The summed E-state index contributed by atoms with van der Waals surface area (Å²) in [7, 11) is 0. The highest BCUT2D eigenvalue weighted by Crippen LogP contribution is 2.16. The molecule has 4 heteroatoms. The van der Waals surface area contributed by atoms with E-state index in [0.29, 0.717) is 12.2 Å². The van der Waals surface area contributed by atoms with E-state index in [1.165, 1.54) is 6.92 Å². The molecule has 4 nitrogen and oxygen atoms in total. The summed E-state index contributed by atoms with van der Waals surface area (Å²) in [5, 5.41) is 12.4. The molecule has 1 aromatic heterocycles. The lowest BCUT2D eigenvalue weighted by Crippen LogP contribution is -2.22. The molecule has 1 heterocycles. The van der Waals surface area contributed by atoms with Gasteiger partial charge in [0.15, 0.2) is 0 Å². The third kappa shape index (κ3) is 3.67. The quantitative estimate of drug-likeness (QED) is 0.777. The van der Waals surface area contributed by atoms with Gasteiger partial charge in [0.25, 0.3) is 0 Å². The zero-order valence-corrected chi connectivity index (χ0v) is 9.24. The van der Waals surface area contributed by atoms with Gasteiger partial charge in [0.1, 0.15) is 5.60 Å². The molecular formula is C11H16N2O2. The number of hydrogen-bond donors (Lipinski definition) is 2. The number of nitrogens with one attached hydrogen (secondary N) is 1. The van der Waals surface area contributed by atoms with Crippen LogP contribution < -0.4 is 5.32 Å². The molecule has 1 aromatic rings. The van der Waals surface area contributed by atoms with Crippen molar-refractivity contribution in [1.82, 2.24) is 10.3 Å². The number of hydrogen-bond acceptors (Lipinski definition) is 3. The number of nitrogens with zero attached hydrogens (tertiary/aromatic N) is 1. The maximum Gasteiger partial charge on any atom is 0.217 e. The lowest BCUT2D eigenvalue weighted by atomic mass is 10.0. The largest absolute Gasteiger partial charge is 0.384 e. The molecule has 0 spiro atoms. The van der Waals surface area contributed by atoms with Crippen LogP contribution in [0.3, 0.4) is 0 Å². The highest BCUT2D eigenvalue weighted by molar-refractivity contribution is 5.72. The standard InChI is InChI=1S/C11H16N2O2/c1-8(14)12-7-9-5-4-6-10(13-9)11(2,3)15/h4-6,15H,7H2,1-3H3,(H,12,14). The summed E-state index contributed by atoms with van der Waals surface area (Å²) in [5.74, 6) is -0.0922. The highest BCUT2D eigenvalue weighted by atomic mass is 16.3. The van der Waals surface area contributed by atoms with Crippen LogP contribution in [0.15, 0.2) is 18.2 Å². The number of aliphatic hydroxyl groups is 1. The van der Waals surface area contributed by atoms with Crippen LogP contribution in [0.25, 0.3) is 0 Å². The minimum absolute atomic E-state index is 0.0922. The van der Waals surface area contributed by atoms with Crippen molar-refractivity contribution in [2.45, 2.75) is 32.9 Å². The van der Waals surface area contributed by atoms with E-state index in [2.05, 4.69) is 10.3 Å². The van der Waals surface area contributed by atoms with Gasteiger partial charge in [-0.3, -0.25) is 9.78 Å². The fourth-order valence-corrected chi connectivity index (χ4v) is 1.13. The Kier molecular flexibility index (Phi) is 3.42. The van der Waals surface area contributed by atoms with Crippen LogP contribution in [0.5, 0.6) is 0 Å². The van der Waals surface area contributed by atoms with Gasteiger partial charge < -0.3 is 10.4 Å². The van der Waals surface area contributed by atoms with Crippen LogP contribution in [-0.4, -0.2) is 16.0 Å². The third-order valence-corrected chi connectivity index (χ3v) is 1.95. The Morgan fingerprint density at radius 1 is 1.53 bits per heavy atom. The van der Waals surface area contributed by atoms with Crippen molar-refractivity contribution in [1.29, 1.82) is 0 Å². The van der Waals surface area contributed by atoms with Crippen LogP contribution in [0, 0.1) is 0 Å². The van der Waals surface area contributed by atoms with Crippen LogP contribution in [0.4, 0.5) is 0 Å². The molecule has 0 saturated heterocycles. The molecule has 82 valence electrons. The van der Waals surface area contributed by atoms with E-state index in [1.807, 2.05) is 12.1 Å². The number of pyridine rings is 1. The summed E-state index contributed by atoms with van der Waals surface area (Å²) in [4.78, 5) is 15.0. The fourth-order valence-electron chi connectivity index (χ4n) is 1.13. The first kappa shape index (κ1) is 11.7. The van der Waals surface area contributed by atoms with Crippen molar-refractivity contribution in [2.75, 3.05) is 0 Å². The Hall–Kier alpha value is -1.42. The Bertz CT molecular complexity index is 356. The molecule has 0 aromatic carbocycles. The minimum atomic E-state index is -0.952. The van der Waals surface area contributed by atoms with E-state index in [1.54, 1.807) is 19.9 Å². The number of rotatable bonds is 3. The molecule has 0 atom stereocenters. The molecule has 15 heavy (non-hydrogen) atoms. The number of amides is 1. The monoisotopic (exact) mass is 208 g/mol. The number of aromatic nitrogens is 1. The molecule has 0 saturated carbocycles. The lowest BCUT2D eigenvalue weighted by Gasteiger charge is -2.17. The normalized spacial score (nSPS) is 11.2. The molecule has 0 radical (unpaired) electrons. The van der Waals surface area contributed by atoms with Gasteiger partial charge in [0.05, 0.1) is 17.9 Å². The first-order chi connectivity index (χ1) is 6.89. The zero-order valence-electron chi connectivity index (χ0n) is 9.24. The van der Waals surface area contributed by atoms with Crippen molar-refractivity contribution < 1.29 is 9.90 Å². The Labute approximate surface area is 89.3 Å². The van der Waals surface area contributed by atoms with Gasteiger partial charge in [-0.15, -0.1) is 0 Å². The van der Waals surface area contributed by atoms with E-state index in [0.717, 1.165) is 5.69 Å². The van der Waals surface area contributed by atoms with Crippen molar-refractivity contribution >= 4 is 5.91 Å². The van der Waals surface area contributed by atoms with Gasteiger partial charge in [-0.05, 0) is 26.0 Å². The topological polar surface area (TPSA) is 62.2 Å². The van der Waals surface area contributed by atoms with Gasteiger partial charge in [-0.2, -0.15) is 0 Å². The van der Waals surface area contributed by atoms with E-state index < -0.39 is 5.60 Å². The van der Waals surface area contributed by atoms with Crippen molar-refractivity contribution in [3.05, 3.63) is 29.6 Å². The van der Waals surface area contributed by atoms with Gasteiger partial charge >= 0.3 is 0 Å². The fraction of sp³-hybridized carbons (Fsp3) is 0.455. The van der Waals surface area contributed by atoms with Crippen molar-refractivity contribution in [3.63, 3.8) is 0 Å². The second-order valence-corrected chi connectivity index (χ2v) is 3.98. The summed E-state index contributed by atoms with van der Waals surface area (Å²) in [6.45, 7) is 5.20. The second-order valence-electron chi connectivity index (χ2n) is 3.98. The number of carbonyl (C=O) groups is 1. The van der Waals surface area contributed by atoms with Crippen LogP contribution in [0.1, 0.15) is 32.2 Å². The third-order valence-electron chi connectivity index (χ3n) is 1.95. The van der Waals surface area contributed by atoms with Gasteiger partial charge in [-0.25, -0.2) is 0 Å². The molecular weight excluding hydrogens is 192 g/mol. The first-order valence-corrected chi connectivity index (χ1v) is 4.83. The van der Waals surface area contributed by atoms with Gasteiger partial charge in [0.2, 0.25) is 5.91 Å². The maximum atomic E-state index is 10.7. The molecule has 0 unspecified atom stereocenters. The lowest BCUT2D eigenvalue weighted by molar-refractivity contribution is -0.119. The molecule has 1 amide bonds.